The number of anilines is 2. The van der Waals surface area contributed by atoms with E-state index in [2.05, 4.69) is 27.4 Å². The molecule has 0 aliphatic heterocycles. The molecule has 2 rings (SSSR count). The van der Waals surface area contributed by atoms with E-state index >= 15 is 0 Å². The molecule has 1 aromatic heterocycles. The Bertz CT molecular complexity index is 669. The maximum Gasteiger partial charge on any atom is 0.234 e. The third kappa shape index (κ3) is 4.85. The Morgan fingerprint density at radius 2 is 2.23 bits per heavy atom. The van der Waals surface area contributed by atoms with Crippen molar-refractivity contribution in [3.05, 3.63) is 42.0 Å². The Kier molecular flexibility index (Phi) is 5.97. The van der Waals surface area contributed by atoms with Crippen LogP contribution in [0.25, 0.3) is 0 Å². The van der Waals surface area contributed by atoms with Crippen LogP contribution in [0.1, 0.15) is 11.1 Å². The molecule has 0 radical (unpaired) electrons. The predicted octanol–water partition coefficient (Wildman–Crippen LogP) is 3.48. The van der Waals surface area contributed by atoms with Crippen molar-refractivity contribution < 1.29 is 4.79 Å². The fourth-order valence-corrected chi connectivity index (χ4v) is 3.24. The highest BCUT2D eigenvalue weighted by Crippen LogP contribution is 2.25. The first-order valence-corrected chi connectivity index (χ1v) is 8.57. The zero-order valence-electron chi connectivity index (χ0n) is 12.5. The maximum absolute atomic E-state index is 12.0. The molecule has 0 atom stereocenters. The van der Waals surface area contributed by atoms with Crippen LogP contribution in [0.4, 0.5) is 10.8 Å². The molecule has 2 N–H and O–H groups in total. The third-order valence-corrected chi connectivity index (χ3v) is 4.81. The standard InChI is InChI=1S/C15H18N4OS2/c1-4-7-16-14-18-19-15(22-14)21-9-13(20)17-12-8-10(2)5-6-11(12)3/h4-6,8H,1,7,9H2,2-3H3,(H,16,18)(H,17,20). The number of rotatable bonds is 7. The van der Waals surface area contributed by atoms with E-state index in [0.717, 1.165) is 26.3 Å². The van der Waals surface area contributed by atoms with Crippen LogP contribution in [0.2, 0.25) is 0 Å². The number of carbonyl (C=O) groups is 1. The molecule has 0 aliphatic rings. The summed E-state index contributed by atoms with van der Waals surface area (Å²) in [6.45, 7) is 8.26. The van der Waals surface area contributed by atoms with Crippen LogP contribution >= 0.6 is 23.1 Å². The maximum atomic E-state index is 12.0. The Balaban J connectivity index is 1.86. The van der Waals surface area contributed by atoms with E-state index in [1.165, 1.54) is 23.1 Å². The number of hydrogen-bond donors (Lipinski definition) is 2. The minimum absolute atomic E-state index is 0.0468. The van der Waals surface area contributed by atoms with Gasteiger partial charge in [0, 0.05) is 12.2 Å². The smallest absolute Gasteiger partial charge is 0.234 e. The van der Waals surface area contributed by atoms with Crippen molar-refractivity contribution >= 4 is 39.8 Å². The van der Waals surface area contributed by atoms with Crippen molar-refractivity contribution in [1.82, 2.24) is 10.2 Å². The van der Waals surface area contributed by atoms with E-state index < -0.39 is 0 Å². The summed E-state index contributed by atoms with van der Waals surface area (Å²) in [5.74, 6) is 0.262. The van der Waals surface area contributed by atoms with Gasteiger partial charge in [-0.15, -0.1) is 16.8 Å². The minimum atomic E-state index is -0.0468. The van der Waals surface area contributed by atoms with Gasteiger partial charge >= 0.3 is 0 Å². The number of hydrogen-bond acceptors (Lipinski definition) is 6. The van der Waals surface area contributed by atoms with Gasteiger partial charge in [0.1, 0.15) is 0 Å². The summed E-state index contributed by atoms with van der Waals surface area (Å²) in [6, 6.07) is 6.00. The second-order valence-corrected chi connectivity index (χ2v) is 6.90. The minimum Gasteiger partial charge on any atom is -0.357 e. The van der Waals surface area contributed by atoms with Gasteiger partial charge in [-0.1, -0.05) is 41.3 Å². The molecule has 0 fully saturated rings. The van der Waals surface area contributed by atoms with Crippen LogP contribution in [0.15, 0.2) is 35.2 Å². The van der Waals surface area contributed by atoms with Crippen molar-refractivity contribution in [2.24, 2.45) is 0 Å². The molecule has 1 aromatic carbocycles. The number of nitrogens with one attached hydrogen (secondary N) is 2. The number of carbonyl (C=O) groups excluding carboxylic acids is 1. The van der Waals surface area contributed by atoms with Gasteiger partial charge in [-0.3, -0.25) is 4.79 Å². The highest BCUT2D eigenvalue weighted by Gasteiger charge is 2.09. The first-order valence-electron chi connectivity index (χ1n) is 6.76. The second kappa shape index (κ2) is 7.95. The van der Waals surface area contributed by atoms with Crippen molar-refractivity contribution in [1.29, 1.82) is 0 Å². The lowest BCUT2D eigenvalue weighted by molar-refractivity contribution is -0.113. The number of amides is 1. The quantitative estimate of drug-likeness (QED) is 0.599. The lowest BCUT2D eigenvalue weighted by Crippen LogP contribution is -2.14. The average Bonchev–Trinajstić information content (AvgIpc) is 2.95. The van der Waals surface area contributed by atoms with Gasteiger partial charge in [-0.25, -0.2) is 0 Å². The van der Waals surface area contributed by atoms with Crippen molar-refractivity contribution in [2.45, 2.75) is 18.2 Å². The molecule has 1 heterocycles. The Morgan fingerprint density at radius 1 is 1.41 bits per heavy atom. The Labute approximate surface area is 138 Å². The second-order valence-electron chi connectivity index (χ2n) is 4.70. The monoisotopic (exact) mass is 334 g/mol. The van der Waals surface area contributed by atoms with Crippen LogP contribution in [-0.2, 0) is 4.79 Å². The van der Waals surface area contributed by atoms with Gasteiger partial charge in [-0.2, -0.15) is 0 Å². The van der Waals surface area contributed by atoms with Gasteiger partial charge in [0.15, 0.2) is 4.34 Å². The van der Waals surface area contributed by atoms with Crippen molar-refractivity contribution in [3.63, 3.8) is 0 Å². The number of benzene rings is 1. The summed E-state index contributed by atoms with van der Waals surface area (Å²) < 4.78 is 0.766. The van der Waals surface area contributed by atoms with E-state index in [-0.39, 0.29) is 5.91 Å². The zero-order chi connectivity index (χ0) is 15.9. The molecule has 5 nitrogen and oxygen atoms in total. The molecule has 116 valence electrons. The molecule has 0 unspecified atom stereocenters. The summed E-state index contributed by atoms with van der Waals surface area (Å²) in [5.41, 5.74) is 3.03. The summed E-state index contributed by atoms with van der Waals surface area (Å²) in [7, 11) is 0. The summed E-state index contributed by atoms with van der Waals surface area (Å²) in [5, 5.41) is 14.8. The SMILES string of the molecule is C=CCNc1nnc(SCC(=O)Nc2cc(C)ccc2C)s1. The predicted molar refractivity (Wildman–Crippen MR) is 93.9 cm³/mol. The largest absolute Gasteiger partial charge is 0.357 e. The number of thioether (sulfide) groups is 1. The van der Waals surface area contributed by atoms with Gasteiger partial charge in [0.2, 0.25) is 11.0 Å². The van der Waals surface area contributed by atoms with E-state index in [9.17, 15) is 4.79 Å². The van der Waals surface area contributed by atoms with Crippen LogP contribution in [0.5, 0.6) is 0 Å². The van der Waals surface area contributed by atoms with Crippen molar-refractivity contribution in [2.75, 3.05) is 22.9 Å². The highest BCUT2D eigenvalue weighted by atomic mass is 32.2. The Hall–Kier alpha value is -1.86. The molecule has 0 saturated carbocycles. The molecule has 0 spiro atoms. The van der Waals surface area contributed by atoms with Gasteiger partial charge in [-0.05, 0) is 31.0 Å². The van der Waals surface area contributed by atoms with E-state index in [1.807, 2.05) is 32.0 Å². The molecular weight excluding hydrogens is 316 g/mol. The molecular formula is C15H18N4OS2. The van der Waals surface area contributed by atoms with Gasteiger partial charge < -0.3 is 10.6 Å². The first kappa shape index (κ1) is 16.5. The normalized spacial score (nSPS) is 10.3. The van der Waals surface area contributed by atoms with Crippen LogP contribution < -0.4 is 10.6 Å². The van der Waals surface area contributed by atoms with Crippen molar-refractivity contribution in [3.8, 4) is 0 Å². The number of aromatic nitrogens is 2. The zero-order valence-corrected chi connectivity index (χ0v) is 14.2. The van der Waals surface area contributed by atoms with E-state index in [4.69, 9.17) is 0 Å². The van der Waals surface area contributed by atoms with Crippen LogP contribution in [0.3, 0.4) is 0 Å². The lowest BCUT2D eigenvalue weighted by atomic mass is 10.1. The van der Waals surface area contributed by atoms with Gasteiger partial charge in [0.25, 0.3) is 0 Å². The molecule has 2 aromatic rings. The summed E-state index contributed by atoms with van der Waals surface area (Å²) >= 11 is 2.81. The molecule has 7 heteroatoms. The third-order valence-electron chi connectivity index (χ3n) is 2.80. The average molecular weight is 334 g/mol. The molecule has 0 bridgehead atoms. The number of aryl methyl sites for hydroxylation is 2. The fraction of sp³-hybridized carbons (Fsp3) is 0.267. The molecule has 0 saturated heterocycles. The Morgan fingerprint density at radius 3 is 3.00 bits per heavy atom. The lowest BCUT2D eigenvalue weighted by Gasteiger charge is -2.08. The summed E-state index contributed by atoms with van der Waals surface area (Å²) in [6.07, 6.45) is 1.76. The first-order chi connectivity index (χ1) is 10.6. The molecule has 1 amide bonds. The topological polar surface area (TPSA) is 66.9 Å². The highest BCUT2D eigenvalue weighted by molar-refractivity contribution is 8.01. The summed E-state index contributed by atoms with van der Waals surface area (Å²) in [4.78, 5) is 12.0. The number of nitrogens with zero attached hydrogens (tertiary/aromatic N) is 2. The van der Waals surface area contributed by atoms with E-state index in [0.29, 0.717) is 12.3 Å². The molecule has 22 heavy (non-hydrogen) atoms. The van der Waals surface area contributed by atoms with Crippen LogP contribution in [0, 0.1) is 13.8 Å². The van der Waals surface area contributed by atoms with E-state index in [1.54, 1.807) is 6.08 Å². The van der Waals surface area contributed by atoms with Crippen LogP contribution in [-0.4, -0.2) is 28.4 Å². The fourth-order valence-electron chi connectivity index (χ4n) is 1.68. The van der Waals surface area contributed by atoms with Gasteiger partial charge in [0.05, 0.1) is 5.75 Å². The molecule has 0 aliphatic carbocycles.